The summed E-state index contributed by atoms with van der Waals surface area (Å²) in [6.07, 6.45) is 2.95. The third-order valence-corrected chi connectivity index (χ3v) is 5.11. The van der Waals surface area contributed by atoms with Gasteiger partial charge in [0.2, 0.25) is 0 Å². The Balaban J connectivity index is 2.10. The molecule has 0 amide bonds. The zero-order valence-corrected chi connectivity index (χ0v) is 12.8. The van der Waals surface area contributed by atoms with Gasteiger partial charge in [0.15, 0.2) is 0 Å². The summed E-state index contributed by atoms with van der Waals surface area (Å²) in [7, 11) is -3.80. The molecule has 108 valence electrons. The Kier molecular flexibility index (Phi) is 3.30. The molecule has 0 unspecified atom stereocenters. The lowest BCUT2D eigenvalue weighted by molar-refractivity contribution is 0.601. The van der Waals surface area contributed by atoms with E-state index in [0.717, 1.165) is 0 Å². The highest BCUT2D eigenvalue weighted by molar-refractivity contribution is 9.10. The van der Waals surface area contributed by atoms with E-state index >= 15 is 0 Å². The zero-order valence-electron chi connectivity index (χ0n) is 10.4. The third-order valence-electron chi connectivity index (χ3n) is 2.77. The molecule has 3 rings (SSSR count). The van der Waals surface area contributed by atoms with E-state index in [1.165, 1.54) is 18.3 Å². The topological polar surface area (TPSA) is 108 Å². The molecule has 3 N–H and O–H groups in total. The lowest BCUT2D eigenvalue weighted by atomic mass is 10.3. The number of aromatic nitrogens is 3. The average Bonchev–Trinajstić information content (AvgIpc) is 2.77. The predicted octanol–water partition coefficient (Wildman–Crippen LogP) is 1.81. The van der Waals surface area contributed by atoms with E-state index in [2.05, 4.69) is 35.6 Å². The number of hydrogen-bond acceptors (Lipinski definition) is 4. The van der Waals surface area contributed by atoms with E-state index in [0.29, 0.717) is 21.2 Å². The predicted molar refractivity (Wildman–Crippen MR) is 81.7 cm³/mol. The molecule has 7 nitrogen and oxygen atoms in total. The summed E-state index contributed by atoms with van der Waals surface area (Å²) in [5.74, 6) is 0. The van der Waals surface area contributed by atoms with Crippen molar-refractivity contribution in [1.29, 1.82) is 0 Å². The number of benzene rings is 1. The van der Waals surface area contributed by atoms with Crippen LogP contribution in [0.3, 0.4) is 0 Å². The van der Waals surface area contributed by atoms with Crippen molar-refractivity contribution in [2.75, 3.05) is 4.72 Å². The van der Waals surface area contributed by atoms with Crippen molar-refractivity contribution in [3.8, 4) is 0 Å². The second kappa shape index (κ2) is 5.01. The largest absolute Gasteiger partial charge is 0.323 e. The minimum atomic E-state index is -3.80. The van der Waals surface area contributed by atoms with Crippen LogP contribution >= 0.6 is 15.9 Å². The van der Waals surface area contributed by atoms with Crippen molar-refractivity contribution in [2.45, 2.75) is 4.90 Å². The lowest BCUT2D eigenvalue weighted by Gasteiger charge is -2.09. The summed E-state index contributed by atoms with van der Waals surface area (Å²) in [6.45, 7) is 0. The number of H-pyrrole nitrogens is 2. The van der Waals surface area contributed by atoms with Crippen molar-refractivity contribution in [1.82, 2.24) is 15.0 Å². The first kappa shape index (κ1) is 13.8. The number of sulfonamides is 1. The maximum atomic E-state index is 12.4. The Morgan fingerprint density at radius 1 is 1.19 bits per heavy atom. The standard InChI is InChI=1S/C12H9BrN4O3S/c13-8-4-9-10(16-12(18)15-9)5-11(8)21(19,20)17-7-2-1-3-14-6-7/h1-6,17H,(H2,15,16,18). The molecule has 0 aliphatic rings. The molecule has 1 aromatic carbocycles. The number of rotatable bonds is 3. The first-order valence-electron chi connectivity index (χ1n) is 5.80. The average molecular weight is 369 g/mol. The quantitative estimate of drug-likeness (QED) is 0.654. The number of halogens is 1. The number of aromatic amines is 2. The van der Waals surface area contributed by atoms with Crippen molar-refractivity contribution in [2.24, 2.45) is 0 Å². The number of nitrogens with one attached hydrogen (secondary N) is 3. The van der Waals surface area contributed by atoms with Gasteiger partial charge in [0.1, 0.15) is 4.90 Å². The Hall–Kier alpha value is -2.13. The molecule has 0 fully saturated rings. The monoisotopic (exact) mass is 368 g/mol. The van der Waals surface area contributed by atoms with Gasteiger partial charge in [-0.15, -0.1) is 0 Å². The summed E-state index contributed by atoms with van der Waals surface area (Å²) in [6, 6.07) is 6.13. The van der Waals surface area contributed by atoms with E-state index < -0.39 is 15.7 Å². The molecule has 0 saturated carbocycles. The van der Waals surface area contributed by atoms with Crippen molar-refractivity contribution in [3.63, 3.8) is 0 Å². The van der Waals surface area contributed by atoms with Gasteiger partial charge in [0, 0.05) is 10.7 Å². The van der Waals surface area contributed by atoms with E-state index in [4.69, 9.17) is 0 Å². The maximum absolute atomic E-state index is 12.4. The highest BCUT2D eigenvalue weighted by atomic mass is 79.9. The van der Waals surface area contributed by atoms with Gasteiger partial charge in [-0.3, -0.25) is 9.71 Å². The van der Waals surface area contributed by atoms with Gasteiger partial charge in [-0.2, -0.15) is 0 Å². The Labute approximate surface area is 127 Å². The van der Waals surface area contributed by atoms with Gasteiger partial charge in [0.05, 0.1) is 22.9 Å². The Morgan fingerprint density at radius 2 is 1.90 bits per heavy atom. The highest BCUT2D eigenvalue weighted by Gasteiger charge is 2.19. The Bertz CT molecular complexity index is 963. The number of imidazole rings is 1. The summed E-state index contributed by atoms with van der Waals surface area (Å²) in [4.78, 5) is 20.2. The van der Waals surface area contributed by atoms with E-state index in [-0.39, 0.29) is 4.90 Å². The van der Waals surface area contributed by atoms with Gasteiger partial charge in [0.25, 0.3) is 10.0 Å². The van der Waals surface area contributed by atoms with Gasteiger partial charge >= 0.3 is 5.69 Å². The van der Waals surface area contributed by atoms with Crippen LogP contribution < -0.4 is 10.4 Å². The molecule has 0 spiro atoms. The van der Waals surface area contributed by atoms with Crippen LogP contribution in [0.2, 0.25) is 0 Å². The molecular formula is C12H9BrN4O3S. The fraction of sp³-hybridized carbons (Fsp3) is 0. The van der Waals surface area contributed by atoms with Gasteiger partial charge in [-0.25, -0.2) is 13.2 Å². The fourth-order valence-corrected chi connectivity index (χ4v) is 3.99. The highest BCUT2D eigenvalue weighted by Crippen LogP contribution is 2.27. The molecule has 3 aromatic rings. The lowest BCUT2D eigenvalue weighted by Crippen LogP contribution is -2.13. The fourth-order valence-electron chi connectivity index (χ4n) is 1.88. The van der Waals surface area contributed by atoms with Gasteiger partial charge in [-0.05, 0) is 40.2 Å². The first-order valence-corrected chi connectivity index (χ1v) is 8.08. The molecule has 2 heterocycles. The maximum Gasteiger partial charge on any atom is 0.323 e. The van der Waals surface area contributed by atoms with Gasteiger partial charge in [-0.1, -0.05) is 0 Å². The minimum absolute atomic E-state index is 0.0223. The third kappa shape index (κ3) is 2.69. The molecule has 21 heavy (non-hydrogen) atoms. The normalized spacial score (nSPS) is 11.7. The molecule has 2 aromatic heterocycles. The van der Waals surface area contributed by atoms with Crippen LogP contribution in [0.25, 0.3) is 11.0 Å². The van der Waals surface area contributed by atoms with E-state index in [1.54, 1.807) is 18.3 Å². The van der Waals surface area contributed by atoms with E-state index in [1.807, 2.05) is 0 Å². The second-order valence-corrected chi connectivity index (χ2v) is 6.76. The van der Waals surface area contributed by atoms with Crippen LogP contribution in [0.4, 0.5) is 5.69 Å². The smallest absolute Gasteiger partial charge is 0.306 e. The molecule has 0 aliphatic heterocycles. The summed E-state index contributed by atoms with van der Waals surface area (Å²) in [5.41, 5.74) is 0.890. The molecular weight excluding hydrogens is 360 g/mol. The van der Waals surface area contributed by atoms with Crippen molar-refractivity contribution >= 4 is 42.7 Å². The summed E-state index contributed by atoms with van der Waals surface area (Å²) in [5, 5.41) is 0. The number of hydrogen-bond donors (Lipinski definition) is 3. The molecule has 0 saturated heterocycles. The molecule has 9 heteroatoms. The zero-order chi connectivity index (χ0) is 15.0. The van der Waals surface area contributed by atoms with Crippen molar-refractivity contribution < 1.29 is 8.42 Å². The summed E-state index contributed by atoms with van der Waals surface area (Å²) < 4.78 is 27.6. The molecule has 0 aliphatic carbocycles. The second-order valence-electron chi connectivity index (χ2n) is 4.25. The summed E-state index contributed by atoms with van der Waals surface area (Å²) >= 11 is 3.21. The first-order chi connectivity index (χ1) is 9.95. The number of nitrogens with zero attached hydrogens (tertiary/aromatic N) is 1. The Morgan fingerprint density at radius 3 is 2.57 bits per heavy atom. The SMILES string of the molecule is O=c1[nH]c2cc(Br)c(S(=O)(=O)Nc3cccnc3)cc2[nH]1. The van der Waals surface area contributed by atoms with Crippen LogP contribution in [-0.4, -0.2) is 23.4 Å². The van der Waals surface area contributed by atoms with Gasteiger partial charge < -0.3 is 9.97 Å². The molecule has 0 atom stereocenters. The van der Waals surface area contributed by atoms with Crippen LogP contribution in [0.15, 0.2) is 50.8 Å². The molecule has 0 bridgehead atoms. The number of anilines is 1. The van der Waals surface area contributed by atoms with Crippen LogP contribution in [0.1, 0.15) is 0 Å². The van der Waals surface area contributed by atoms with Crippen LogP contribution in [0, 0.1) is 0 Å². The van der Waals surface area contributed by atoms with Crippen LogP contribution in [-0.2, 0) is 10.0 Å². The number of pyridine rings is 1. The molecule has 0 radical (unpaired) electrons. The number of fused-ring (bicyclic) bond motifs is 1. The van der Waals surface area contributed by atoms with E-state index in [9.17, 15) is 13.2 Å². The minimum Gasteiger partial charge on any atom is -0.306 e. The van der Waals surface area contributed by atoms with Crippen molar-refractivity contribution in [3.05, 3.63) is 51.6 Å². The van der Waals surface area contributed by atoms with Crippen LogP contribution in [0.5, 0.6) is 0 Å².